The lowest BCUT2D eigenvalue weighted by molar-refractivity contribution is 0.102. The first-order valence-corrected chi connectivity index (χ1v) is 10.3. The molecule has 2 N–H and O–H groups in total. The van der Waals surface area contributed by atoms with E-state index in [-0.39, 0.29) is 5.91 Å². The highest BCUT2D eigenvalue weighted by Gasteiger charge is 2.18. The fraction of sp³-hybridized carbons (Fsp3) is 0.188. The Kier molecular flexibility index (Phi) is 4.79. The molecule has 0 radical (unpaired) electrons. The van der Waals surface area contributed by atoms with Crippen LogP contribution in [0.15, 0.2) is 34.2 Å². The molecule has 0 aliphatic rings. The molecule has 0 saturated heterocycles. The largest absolute Gasteiger partial charge is 0.361 e. The highest BCUT2D eigenvalue weighted by atomic mass is 32.2. The number of anilines is 2. The van der Waals surface area contributed by atoms with E-state index in [9.17, 15) is 13.2 Å². The van der Waals surface area contributed by atoms with Crippen LogP contribution in [0.1, 0.15) is 21.8 Å². The van der Waals surface area contributed by atoms with Crippen LogP contribution < -0.4 is 10.0 Å². The summed E-state index contributed by atoms with van der Waals surface area (Å²) < 4.78 is 29.9. The summed E-state index contributed by atoms with van der Waals surface area (Å²) in [6.07, 6.45) is 1.09. The van der Waals surface area contributed by atoms with E-state index in [1.807, 2.05) is 5.38 Å². The first kappa shape index (κ1) is 18.1. The summed E-state index contributed by atoms with van der Waals surface area (Å²) in [5.41, 5.74) is 2.87. The minimum Gasteiger partial charge on any atom is -0.361 e. The van der Waals surface area contributed by atoms with Crippen molar-refractivity contribution in [3.63, 3.8) is 0 Å². The van der Waals surface area contributed by atoms with Crippen LogP contribution in [-0.2, 0) is 10.0 Å². The zero-order chi connectivity index (χ0) is 18.9. The number of sulfonamides is 1. The van der Waals surface area contributed by atoms with Gasteiger partial charge in [0.1, 0.15) is 11.3 Å². The second kappa shape index (κ2) is 6.89. The second-order valence-corrected chi connectivity index (χ2v) is 8.25. The molecule has 1 amide bonds. The van der Waals surface area contributed by atoms with Gasteiger partial charge in [-0.15, -0.1) is 11.3 Å². The Morgan fingerprint density at radius 3 is 2.46 bits per heavy atom. The van der Waals surface area contributed by atoms with E-state index in [4.69, 9.17) is 4.52 Å². The maximum atomic E-state index is 12.3. The van der Waals surface area contributed by atoms with Crippen LogP contribution >= 0.6 is 11.3 Å². The van der Waals surface area contributed by atoms with Crippen molar-refractivity contribution in [2.75, 3.05) is 16.3 Å². The lowest BCUT2D eigenvalue weighted by Crippen LogP contribution is -2.13. The van der Waals surface area contributed by atoms with Crippen molar-refractivity contribution in [1.29, 1.82) is 0 Å². The lowest BCUT2D eigenvalue weighted by Gasteiger charge is -2.04. The highest BCUT2D eigenvalue weighted by Crippen LogP contribution is 2.27. The molecule has 0 saturated carbocycles. The van der Waals surface area contributed by atoms with Gasteiger partial charge in [-0.3, -0.25) is 14.8 Å². The Labute approximate surface area is 154 Å². The molecule has 3 aromatic rings. The van der Waals surface area contributed by atoms with Crippen LogP contribution in [0.2, 0.25) is 0 Å². The molecule has 3 rings (SSSR count). The Hall–Kier alpha value is -2.72. The maximum absolute atomic E-state index is 12.3. The number of nitrogens with one attached hydrogen (secondary N) is 2. The summed E-state index contributed by atoms with van der Waals surface area (Å²) in [7, 11) is -3.32. The molecule has 10 heteroatoms. The predicted molar refractivity (Wildman–Crippen MR) is 99.9 cm³/mol. The maximum Gasteiger partial charge on any atom is 0.262 e. The molecule has 0 aliphatic heterocycles. The summed E-state index contributed by atoms with van der Waals surface area (Å²) in [5.74, 6) is 0.126. The average Bonchev–Trinajstić information content (AvgIpc) is 3.13. The van der Waals surface area contributed by atoms with E-state index in [2.05, 4.69) is 20.2 Å². The number of amides is 1. The van der Waals surface area contributed by atoms with Crippen molar-refractivity contribution < 1.29 is 17.7 Å². The number of thiazole rings is 1. The van der Waals surface area contributed by atoms with Gasteiger partial charge in [0.05, 0.1) is 17.6 Å². The number of hydrogen-bond donors (Lipinski definition) is 2. The first-order chi connectivity index (χ1) is 12.2. The van der Waals surface area contributed by atoms with Gasteiger partial charge in [-0.1, -0.05) is 17.3 Å². The third-order valence-electron chi connectivity index (χ3n) is 3.47. The van der Waals surface area contributed by atoms with Gasteiger partial charge >= 0.3 is 0 Å². The van der Waals surface area contributed by atoms with Crippen molar-refractivity contribution in [3.05, 3.63) is 46.7 Å². The van der Waals surface area contributed by atoms with E-state index in [0.29, 0.717) is 33.5 Å². The van der Waals surface area contributed by atoms with Crippen LogP contribution in [0, 0.1) is 13.8 Å². The number of benzene rings is 1. The summed E-state index contributed by atoms with van der Waals surface area (Å²) in [6, 6.07) is 6.81. The fourth-order valence-electron chi connectivity index (χ4n) is 2.35. The van der Waals surface area contributed by atoms with Gasteiger partial charge in [0.2, 0.25) is 10.0 Å². The van der Waals surface area contributed by atoms with E-state index in [0.717, 1.165) is 11.8 Å². The number of nitrogens with zero attached hydrogens (tertiary/aromatic N) is 2. The summed E-state index contributed by atoms with van der Waals surface area (Å²) in [6.45, 7) is 3.37. The van der Waals surface area contributed by atoms with Gasteiger partial charge in [0, 0.05) is 16.6 Å². The SMILES string of the molecule is Cc1noc(C)c1C(=O)Nc1nc(-c2ccc(NS(C)(=O)=O)cc2)cs1. The zero-order valence-corrected chi connectivity index (χ0v) is 15.9. The van der Waals surface area contributed by atoms with Crippen LogP contribution in [-0.4, -0.2) is 30.7 Å². The average molecular weight is 392 g/mol. The van der Waals surface area contributed by atoms with Gasteiger partial charge in [0.25, 0.3) is 5.91 Å². The molecule has 136 valence electrons. The highest BCUT2D eigenvalue weighted by molar-refractivity contribution is 7.92. The molecule has 0 bridgehead atoms. The van der Waals surface area contributed by atoms with Crippen LogP contribution in [0.3, 0.4) is 0 Å². The lowest BCUT2D eigenvalue weighted by atomic mass is 10.1. The van der Waals surface area contributed by atoms with E-state index >= 15 is 0 Å². The minimum absolute atomic E-state index is 0.324. The molecule has 2 aromatic heterocycles. The summed E-state index contributed by atoms with van der Waals surface area (Å²) >= 11 is 1.29. The number of aryl methyl sites for hydroxylation is 2. The minimum atomic E-state index is -3.32. The van der Waals surface area contributed by atoms with Crippen molar-refractivity contribution in [2.24, 2.45) is 0 Å². The van der Waals surface area contributed by atoms with E-state index < -0.39 is 10.0 Å². The van der Waals surface area contributed by atoms with Crippen LogP contribution in [0.25, 0.3) is 11.3 Å². The topological polar surface area (TPSA) is 114 Å². The summed E-state index contributed by atoms with van der Waals surface area (Å²) in [4.78, 5) is 16.7. The van der Waals surface area contributed by atoms with Crippen molar-refractivity contribution in [2.45, 2.75) is 13.8 Å². The molecule has 0 fully saturated rings. The molecule has 2 heterocycles. The van der Waals surface area contributed by atoms with Crippen molar-refractivity contribution in [1.82, 2.24) is 10.1 Å². The van der Waals surface area contributed by atoms with Gasteiger partial charge in [-0.25, -0.2) is 13.4 Å². The Morgan fingerprint density at radius 1 is 1.19 bits per heavy atom. The molecule has 26 heavy (non-hydrogen) atoms. The van der Waals surface area contributed by atoms with Crippen molar-refractivity contribution >= 4 is 38.1 Å². The quantitative estimate of drug-likeness (QED) is 0.690. The van der Waals surface area contributed by atoms with E-state index in [1.54, 1.807) is 38.1 Å². The van der Waals surface area contributed by atoms with Gasteiger partial charge in [-0.2, -0.15) is 0 Å². The monoisotopic (exact) mass is 392 g/mol. The normalized spacial score (nSPS) is 11.3. The number of carbonyl (C=O) groups excluding carboxylic acids is 1. The zero-order valence-electron chi connectivity index (χ0n) is 14.2. The van der Waals surface area contributed by atoms with E-state index in [1.165, 1.54) is 11.3 Å². The van der Waals surface area contributed by atoms with Gasteiger partial charge in [0.15, 0.2) is 5.13 Å². The molecule has 0 atom stereocenters. The number of hydrogen-bond acceptors (Lipinski definition) is 7. The van der Waals surface area contributed by atoms with Gasteiger partial charge in [-0.05, 0) is 26.0 Å². The Morgan fingerprint density at radius 2 is 1.88 bits per heavy atom. The smallest absolute Gasteiger partial charge is 0.262 e. The third-order valence-corrected chi connectivity index (χ3v) is 4.83. The standard InChI is InChI=1S/C16H16N4O4S2/c1-9-14(10(2)24-19-9)15(21)18-16-17-13(8-25-16)11-4-6-12(7-5-11)20-26(3,22)23/h4-8,20H,1-3H3,(H,17,18,21). The molecule has 0 aliphatic carbocycles. The molecule has 1 aromatic carbocycles. The van der Waals surface area contributed by atoms with Gasteiger partial charge < -0.3 is 4.52 Å². The predicted octanol–water partition coefficient (Wildman–Crippen LogP) is 3.04. The number of carbonyl (C=O) groups is 1. The second-order valence-electron chi connectivity index (χ2n) is 5.64. The fourth-order valence-corrected chi connectivity index (χ4v) is 3.63. The molecular weight excluding hydrogens is 376 g/mol. The number of rotatable bonds is 5. The molecule has 0 unspecified atom stereocenters. The number of aromatic nitrogens is 2. The van der Waals surface area contributed by atoms with Crippen LogP contribution in [0.5, 0.6) is 0 Å². The Bertz CT molecular complexity index is 1030. The third kappa shape index (κ3) is 4.09. The summed E-state index contributed by atoms with van der Waals surface area (Å²) in [5, 5.41) is 8.75. The van der Waals surface area contributed by atoms with Crippen molar-refractivity contribution in [3.8, 4) is 11.3 Å². The van der Waals surface area contributed by atoms with Crippen LogP contribution in [0.4, 0.5) is 10.8 Å². The molecular formula is C16H16N4O4S2. The molecule has 8 nitrogen and oxygen atoms in total. The molecule has 0 spiro atoms. The first-order valence-electron chi connectivity index (χ1n) is 7.51. The Balaban J connectivity index is 1.75.